The normalized spacial score (nSPS) is 13.6. The second kappa shape index (κ2) is 18.5. The Bertz CT molecular complexity index is 1560. The van der Waals surface area contributed by atoms with Crippen LogP contribution < -0.4 is 16.0 Å². The highest BCUT2D eigenvalue weighted by molar-refractivity contribution is 6.05. The highest BCUT2D eigenvalue weighted by atomic mass is 16.6. The number of benzene rings is 3. The number of aliphatic hydroxyl groups is 1. The molecule has 0 fully saturated rings. The predicted octanol–water partition coefficient (Wildman–Crippen LogP) is 4.26. The lowest BCUT2D eigenvalue weighted by atomic mass is 10.0. The van der Waals surface area contributed by atoms with Crippen molar-refractivity contribution in [3.8, 4) is 0 Å². The fourth-order valence-electron chi connectivity index (χ4n) is 5.08. The van der Waals surface area contributed by atoms with Gasteiger partial charge in [0, 0.05) is 12.0 Å². The van der Waals surface area contributed by atoms with Crippen LogP contribution in [0.2, 0.25) is 0 Å². The lowest BCUT2D eigenvalue weighted by molar-refractivity contribution is -0.146. The van der Waals surface area contributed by atoms with Gasteiger partial charge >= 0.3 is 18.1 Å². The molecule has 50 heavy (non-hydrogen) atoms. The largest absolute Gasteiger partial charge is 0.467 e. The van der Waals surface area contributed by atoms with E-state index in [0.29, 0.717) is 5.56 Å². The van der Waals surface area contributed by atoms with E-state index in [4.69, 9.17) is 9.47 Å². The summed E-state index contributed by atoms with van der Waals surface area (Å²) in [6.45, 7) is 8.05. The van der Waals surface area contributed by atoms with Crippen LogP contribution in [0, 0.1) is 5.92 Å². The maximum atomic E-state index is 14.1. The molecule has 0 aromatic heterocycles. The fourth-order valence-corrected chi connectivity index (χ4v) is 5.08. The minimum absolute atomic E-state index is 0.0250. The van der Waals surface area contributed by atoms with Gasteiger partial charge in [0.1, 0.15) is 17.7 Å². The number of urea groups is 1. The number of ether oxygens (including phenoxy) is 2. The molecule has 3 aromatic rings. The van der Waals surface area contributed by atoms with Gasteiger partial charge in [-0.15, -0.1) is 0 Å². The molecule has 3 aromatic carbocycles. The van der Waals surface area contributed by atoms with Gasteiger partial charge in [-0.25, -0.2) is 14.4 Å². The van der Waals surface area contributed by atoms with E-state index in [0.717, 1.165) is 10.5 Å². The number of rotatable bonds is 14. The fraction of sp³-hybridized carbons (Fsp3) is 0.395. The molecule has 0 spiro atoms. The Morgan fingerprint density at radius 3 is 1.78 bits per heavy atom. The number of alkyl carbamates (subject to hydrolysis) is 1. The van der Waals surface area contributed by atoms with E-state index in [9.17, 15) is 29.1 Å². The van der Waals surface area contributed by atoms with E-state index >= 15 is 0 Å². The van der Waals surface area contributed by atoms with Crippen LogP contribution in [-0.2, 0) is 31.9 Å². The van der Waals surface area contributed by atoms with Gasteiger partial charge in [0.25, 0.3) is 5.91 Å². The number of hydrogen-bond donors (Lipinski definition) is 4. The van der Waals surface area contributed by atoms with Gasteiger partial charge in [-0.1, -0.05) is 92.7 Å². The van der Waals surface area contributed by atoms with E-state index in [-0.39, 0.29) is 24.3 Å². The highest BCUT2D eigenvalue weighted by Gasteiger charge is 2.35. The second-order valence-corrected chi connectivity index (χ2v) is 13.2. The van der Waals surface area contributed by atoms with Crippen LogP contribution in [-0.4, -0.2) is 83.4 Å². The number of hydrogen-bond acceptors (Lipinski definition) is 8. The van der Waals surface area contributed by atoms with Crippen LogP contribution in [0.3, 0.4) is 0 Å². The van der Waals surface area contributed by atoms with Gasteiger partial charge in [-0.3, -0.25) is 14.5 Å². The number of aliphatic hydroxyl groups excluding tert-OH is 1. The Kier molecular flexibility index (Phi) is 14.5. The molecular formula is C38H48N4O8. The molecule has 12 nitrogen and oxygen atoms in total. The van der Waals surface area contributed by atoms with Gasteiger partial charge in [-0.2, -0.15) is 0 Å². The third-order valence-electron chi connectivity index (χ3n) is 7.66. The average molecular weight is 689 g/mol. The quantitative estimate of drug-likeness (QED) is 0.183. The Labute approximate surface area is 293 Å². The van der Waals surface area contributed by atoms with Crippen LogP contribution in [0.1, 0.15) is 56.1 Å². The van der Waals surface area contributed by atoms with Gasteiger partial charge in [0.05, 0.1) is 25.8 Å². The molecule has 3 rings (SSSR count). The molecule has 0 aliphatic carbocycles. The summed E-state index contributed by atoms with van der Waals surface area (Å²) in [7, 11) is 1.22. The first-order valence-corrected chi connectivity index (χ1v) is 16.5. The maximum Gasteiger partial charge on any atom is 0.407 e. The Hall–Kier alpha value is -5.23. The zero-order chi connectivity index (χ0) is 36.8. The first-order chi connectivity index (χ1) is 23.7. The molecule has 4 atom stereocenters. The summed E-state index contributed by atoms with van der Waals surface area (Å²) in [5.41, 5.74) is 0.822. The molecule has 4 N–H and O–H groups in total. The number of amides is 5. The molecule has 0 saturated heterocycles. The van der Waals surface area contributed by atoms with Gasteiger partial charge in [0.2, 0.25) is 5.91 Å². The van der Waals surface area contributed by atoms with Crippen molar-refractivity contribution in [2.75, 3.05) is 13.7 Å². The number of esters is 1. The van der Waals surface area contributed by atoms with Crippen LogP contribution in [0.5, 0.6) is 0 Å². The van der Waals surface area contributed by atoms with Crippen molar-refractivity contribution in [1.29, 1.82) is 0 Å². The zero-order valence-corrected chi connectivity index (χ0v) is 29.4. The average Bonchev–Trinajstić information content (AvgIpc) is 3.08. The molecule has 0 aliphatic heterocycles. The molecule has 0 bridgehead atoms. The van der Waals surface area contributed by atoms with Crippen molar-refractivity contribution in [2.24, 2.45) is 5.92 Å². The molecular weight excluding hydrogens is 640 g/mol. The number of methoxy groups -OCH3 is 1. The lowest BCUT2D eigenvalue weighted by Gasteiger charge is -2.31. The Morgan fingerprint density at radius 2 is 1.28 bits per heavy atom. The highest BCUT2D eigenvalue weighted by Crippen LogP contribution is 2.15. The van der Waals surface area contributed by atoms with Crippen LogP contribution in [0.25, 0.3) is 0 Å². The monoisotopic (exact) mass is 688 g/mol. The summed E-state index contributed by atoms with van der Waals surface area (Å²) in [6.07, 6.45) is -2.07. The number of carbonyl (C=O) groups is 5. The summed E-state index contributed by atoms with van der Waals surface area (Å²) >= 11 is 0. The Balaban J connectivity index is 1.97. The van der Waals surface area contributed by atoms with Gasteiger partial charge in [0.15, 0.2) is 0 Å². The minimum Gasteiger partial charge on any atom is -0.467 e. The standard InChI is InChI=1S/C38H48N4O8/c1-25(2)32(35(46)49-6)41-33(44)30(23-27-18-12-8-13-19-27)39-36(47)42(34(45)28-20-14-9-15-21-28)24-31(43)29(22-26-16-10-7-11-17-26)40-37(48)50-38(3,4)5/h7-21,25,29-32,43H,22-24H2,1-6H3,(H,39,47)(H,40,48)(H,41,44)/t29-,30-,31-,32-/m1/s1. The molecule has 12 heteroatoms. The van der Waals surface area contributed by atoms with Crippen LogP contribution in [0.4, 0.5) is 9.59 Å². The third-order valence-corrected chi connectivity index (χ3v) is 7.66. The van der Waals surface area contributed by atoms with Crippen molar-refractivity contribution < 1.29 is 38.6 Å². The second-order valence-electron chi connectivity index (χ2n) is 13.2. The number of carbonyl (C=O) groups excluding carboxylic acids is 5. The van der Waals surface area contributed by atoms with E-state index in [1.54, 1.807) is 77.1 Å². The predicted molar refractivity (Wildman–Crippen MR) is 188 cm³/mol. The summed E-state index contributed by atoms with van der Waals surface area (Å²) in [6, 6.07) is 21.9. The van der Waals surface area contributed by atoms with Gasteiger partial charge < -0.3 is 30.5 Å². The molecule has 268 valence electrons. The molecule has 5 amide bonds. The lowest BCUT2D eigenvalue weighted by Crippen LogP contribution is -2.58. The van der Waals surface area contributed by atoms with Crippen LogP contribution in [0.15, 0.2) is 91.0 Å². The summed E-state index contributed by atoms with van der Waals surface area (Å²) in [4.78, 5) is 67.8. The van der Waals surface area contributed by atoms with Crippen molar-refractivity contribution in [3.05, 3.63) is 108 Å². The van der Waals surface area contributed by atoms with Crippen molar-refractivity contribution in [2.45, 2.75) is 77.3 Å². The molecule has 0 heterocycles. The minimum atomic E-state index is -1.47. The number of nitrogens with one attached hydrogen (secondary N) is 3. The van der Waals surface area contributed by atoms with E-state index in [2.05, 4.69) is 16.0 Å². The molecule has 0 saturated carbocycles. The maximum absolute atomic E-state index is 14.1. The number of imide groups is 1. The van der Waals surface area contributed by atoms with Crippen molar-refractivity contribution in [3.63, 3.8) is 0 Å². The Morgan fingerprint density at radius 1 is 0.760 bits per heavy atom. The zero-order valence-electron chi connectivity index (χ0n) is 29.4. The number of nitrogens with zero attached hydrogens (tertiary/aromatic N) is 1. The van der Waals surface area contributed by atoms with E-state index < -0.39 is 66.3 Å². The van der Waals surface area contributed by atoms with Gasteiger partial charge in [-0.05, 0) is 56.4 Å². The summed E-state index contributed by atoms with van der Waals surface area (Å²) < 4.78 is 10.3. The smallest absolute Gasteiger partial charge is 0.407 e. The molecule has 0 unspecified atom stereocenters. The molecule has 0 aliphatic rings. The first-order valence-electron chi connectivity index (χ1n) is 16.5. The first kappa shape index (κ1) is 39.2. The summed E-state index contributed by atoms with van der Waals surface area (Å²) in [5.74, 6) is -2.40. The van der Waals surface area contributed by atoms with Crippen molar-refractivity contribution >= 4 is 29.9 Å². The third kappa shape index (κ3) is 12.3. The topological polar surface area (TPSA) is 163 Å². The van der Waals surface area contributed by atoms with Crippen LogP contribution >= 0.6 is 0 Å². The SMILES string of the molecule is COC(=O)[C@H](NC(=O)[C@@H](Cc1ccccc1)NC(=O)N(C[C@@H](O)[C@@H](Cc1ccccc1)NC(=O)OC(C)(C)C)C(=O)c1ccccc1)C(C)C. The summed E-state index contributed by atoms with van der Waals surface area (Å²) in [5, 5.41) is 19.6. The van der Waals surface area contributed by atoms with Crippen molar-refractivity contribution in [1.82, 2.24) is 20.9 Å². The molecule has 0 radical (unpaired) electrons. The van der Waals surface area contributed by atoms with E-state index in [1.807, 2.05) is 36.4 Å². The van der Waals surface area contributed by atoms with E-state index in [1.165, 1.54) is 19.2 Å².